The Labute approximate surface area is 152 Å². The summed E-state index contributed by atoms with van der Waals surface area (Å²) in [6.07, 6.45) is 0.920. The second-order valence-corrected chi connectivity index (χ2v) is 7.87. The van der Waals surface area contributed by atoms with Crippen molar-refractivity contribution in [3.05, 3.63) is 48.0 Å². The van der Waals surface area contributed by atoms with Crippen molar-refractivity contribution in [1.29, 1.82) is 0 Å². The van der Waals surface area contributed by atoms with Crippen LogP contribution in [0.2, 0.25) is 0 Å². The molecule has 5 heteroatoms. The van der Waals surface area contributed by atoms with Gasteiger partial charge in [-0.15, -0.1) is 11.8 Å². The Morgan fingerprint density at radius 1 is 1.16 bits per heavy atom. The summed E-state index contributed by atoms with van der Waals surface area (Å²) >= 11 is 1.56. The van der Waals surface area contributed by atoms with Crippen molar-refractivity contribution in [3.8, 4) is 11.5 Å². The minimum atomic E-state index is -0.170. The average Bonchev–Trinajstić information content (AvgIpc) is 2.96. The molecule has 2 aliphatic rings. The number of hydrogen-bond acceptors (Lipinski definition) is 4. The fourth-order valence-electron chi connectivity index (χ4n) is 3.45. The number of carbonyl (C=O) groups excluding carboxylic acids is 1. The minimum absolute atomic E-state index is 0.150. The maximum absolute atomic E-state index is 13.1. The third-order valence-corrected chi connectivity index (χ3v) is 5.70. The highest BCUT2D eigenvalue weighted by molar-refractivity contribution is 8.00. The molecule has 4 nitrogen and oxygen atoms in total. The Morgan fingerprint density at radius 3 is 2.76 bits per heavy atom. The smallest absolute Gasteiger partial charge is 0.240 e. The number of amides is 1. The molecule has 0 saturated carbocycles. The lowest BCUT2D eigenvalue weighted by Crippen LogP contribution is -2.40. The monoisotopic (exact) mass is 355 g/mol. The first-order valence-electron chi connectivity index (χ1n) is 8.61. The molecule has 0 aromatic heterocycles. The fourth-order valence-corrected chi connectivity index (χ4v) is 4.39. The van der Waals surface area contributed by atoms with Crippen molar-refractivity contribution in [2.45, 2.75) is 36.5 Å². The summed E-state index contributed by atoms with van der Waals surface area (Å²) in [5.41, 5.74) is 2.30. The molecule has 4 rings (SSSR count). The molecule has 25 heavy (non-hydrogen) atoms. The second-order valence-electron chi connectivity index (χ2n) is 6.46. The van der Waals surface area contributed by atoms with Crippen molar-refractivity contribution in [2.24, 2.45) is 0 Å². The highest BCUT2D eigenvalue weighted by Crippen LogP contribution is 2.38. The van der Waals surface area contributed by atoms with E-state index in [1.165, 1.54) is 5.56 Å². The van der Waals surface area contributed by atoms with Crippen LogP contribution in [-0.2, 0) is 11.2 Å². The van der Waals surface area contributed by atoms with Crippen molar-refractivity contribution < 1.29 is 14.3 Å². The topological polar surface area (TPSA) is 38.8 Å². The number of fused-ring (bicyclic) bond motifs is 2. The Kier molecular flexibility index (Phi) is 4.34. The van der Waals surface area contributed by atoms with E-state index in [2.05, 4.69) is 13.0 Å². The molecule has 2 aromatic carbocycles. The van der Waals surface area contributed by atoms with Crippen LogP contribution in [0.4, 0.5) is 5.69 Å². The first-order valence-corrected chi connectivity index (χ1v) is 9.49. The van der Waals surface area contributed by atoms with Crippen LogP contribution in [0.5, 0.6) is 11.5 Å². The van der Waals surface area contributed by atoms with Gasteiger partial charge in [0.05, 0.1) is 5.25 Å². The normalized spacial score (nSPS) is 19.4. The van der Waals surface area contributed by atoms with Gasteiger partial charge in [-0.05, 0) is 50.1 Å². The zero-order valence-corrected chi connectivity index (χ0v) is 15.2. The highest BCUT2D eigenvalue weighted by atomic mass is 32.2. The van der Waals surface area contributed by atoms with Gasteiger partial charge in [-0.1, -0.05) is 18.2 Å². The molecule has 0 bridgehead atoms. The number of anilines is 1. The van der Waals surface area contributed by atoms with Gasteiger partial charge in [0.15, 0.2) is 11.5 Å². The Bertz CT molecular complexity index is 807. The zero-order valence-electron chi connectivity index (χ0n) is 14.4. The van der Waals surface area contributed by atoms with E-state index in [1.54, 1.807) is 11.8 Å². The Hall–Kier alpha value is -2.14. The molecule has 130 valence electrons. The fraction of sp³-hybridized carbons (Fsp3) is 0.350. The number of thioether (sulfide) groups is 1. The molecule has 0 fully saturated rings. The van der Waals surface area contributed by atoms with Gasteiger partial charge < -0.3 is 14.4 Å². The lowest BCUT2D eigenvalue weighted by Gasteiger charge is -2.26. The third-order valence-electron chi connectivity index (χ3n) is 4.62. The van der Waals surface area contributed by atoms with Crippen LogP contribution >= 0.6 is 11.8 Å². The van der Waals surface area contributed by atoms with Gasteiger partial charge in [-0.25, -0.2) is 0 Å². The summed E-state index contributed by atoms with van der Waals surface area (Å²) in [7, 11) is 0. The van der Waals surface area contributed by atoms with E-state index in [-0.39, 0.29) is 17.2 Å². The van der Waals surface area contributed by atoms with Crippen LogP contribution < -0.4 is 14.4 Å². The SMILES string of the molecule is CC(Sc1ccc2c(c1)OCCO2)C(=O)N1c2ccccc2CC1C. The second kappa shape index (κ2) is 6.64. The number of rotatable bonds is 3. The molecule has 0 radical (unpaired) electrons. The molecule has 2 unspecified atom stereocenters. The average molecular weight is 355 g/mol. The Morgan fingerprint density at radius 2 is 1.92 bits per heavy atom. The van der Waals surface area contributed by atoms with Gasteiger partial charge in [0.2, 0.25) is 5.91 Å². The van der Waals surface area contributed by atoms with Crippen molar-refractivity contribution in [2.75, 3.05) is 18.1 Å². The minimum Gasteiger partial charge on any atom is -0.486 e. The van der Waals surface area contributed by atoms with Gasteiger partial charge in [0.1, 0.15) is 13.2 Å². The van der Waals surface area contributed by atoms with E-state index >= 15 is 0 Å². The lowest BCUT2D eigenvalue weighted by atomic mass is 10.1. The summed E-state index contributed by atoms with van der Waals surface area (Å²) in [5.74, 6) is 1.68. The molecule has 1 amide bonds. The maximum atomic E-state index is 13.1. The summed E-state index contributed by atoms with van der Waals surface area (Å²) in [6.45, 7) is 5.23. The Balaban J connectivity index is 1.51. The van der Waals surface area contributed by atoms with Crippen LogP contribution in [0.3, 0.4) is 0 Å². The van der Waals surface area contributed by atoms with Gasteiger partial charge in [-0.2, -0.15) is 0 Å². The van der Waals surface area contributed by atoms with Gasteiger partial charge >= 0.3 is 0 Å². The predicted molar refractivity (Wildman–Crippen MR) is 99.8 cm³/mol. The molecule has 2 heterocycles. The number of para-hydroxylation sites is 1. The van der Waals surface area contributed by atoms with Gasteiger partial charge in [0, 0.05) is 16.6 Å². The van der Waals surface area contributed by atoms with E-state index in [1.807, 2.05) is 48.2 Å². The van der Waals surface area contributed by atoms with Crippen LogP contribution in [0.15, 0.2) is 47.4 Å². The van der Waals surface area contributed by atoms with Gasteiger partial charge in [0.25, 0.3) is 0 Å². The van der Waals surface area contributed by atoms with E-state index in [4.69, 9.17) is 9.47 Å². The van der Waals surface area contributed by atoms with E-state index in [9.17, 15) is 4.79 Å². The maximum Gasteiger partial charge on any atom is 0.240 e. The largest absolute Gasteiger partial charge is 0.486 e. The van der Waals surface area contributed by atoms with Crippen molar-refractivity contribution in [1.82, 2.24) is 0 Å². The quantitative estimate of drug-likeness (QED) is 0.783. The summed E-state index contributed by atoms with van der Waals surface area (Å²) < 4.78 is 11.2. The summed E-state index contributed by atoms with van der Waals surface area (Å²) in [5, 5.41) is -0.170. The third kappa shape index (κ3) is 3.09. The van der Waals surface area contributed by atoms with Crippen LogP contribution in [-0.4, -0.2) is 30.4 Å². The van der Waals surface area contributed by atoms with Crippen molar-refractivity contribution in [3.63, 3.8) is 0 Å². The molecule has 2 atom stereocenters. The molecular formula is C20H21NO3S. The van der Waals surface area contributed by atoms with E-state index < -0.39 is 0 Å². The number of hydrogen-bond donors (Lipinski definition) is 0. The molecular weight excluding hydrogens is 334 g/mol. The molecule has 2 aromatic rings. The van der Waals surface area contributed by atoms with Crippen LogP contribution in [0.1, 0.15) is 19.4 Å². The number of carbonyl (C=O) groups is 1. The van der Waals surface area contributed by atoms with Crippen LogP contribution in [0, 0.1) is 0 Å². The molecule has 2 aliphatic heterocycles. The highest BCUT2D eigenvalue weighted by Gasteiger charge is 2.33. The lowest BCUT2D eigenvalue weighted by molar-refractivity contribution is -0.118. The summed E-state index contributed by atoms with van der Waals surface area (Å²) in [4.78, 5) is 16.0. The standard InChI is InChI=1S/C20H21NO3S/c1-13-11-15-5-3-4-6-17(15)21(13)20(22)14(2)25-16-7-8-18-19(12-16)24-10-9-23-18/h3-8,12-14H,9-11H2,1-2H3. The molecule has 0 aliphatic carbocycles. The number of ether oxygens (including phenoxy) is 2. The molecule has 0 spiro atoms. The molecule has 0 N–H and O–H groups in total. The first kappa shape index (κ1) is 16.3. The zero-order chi connectivity index (χ0) is 17.4. The van der Waals surface area contributed by atoms with E-state index in [0.717, 1.165) is 28.5 Å². The summed E-state index contributed by atoms with van der Waals surface area (Å²) in [6, 6.07) is 14.3. The van der Waals surface area contributed by atoms with Crippen molar-refractivity contribution >= 4 is 23.4 Å². The predicted octanol–water partition coefficient (Wildman–Crippen LogP) is 3.92. The molecule has 0 saturated heterocycles. The number of nitrogens with zero attached hydrogens (tertiary/aromatic N) is 1. The first-order chi connectivity index (χ1) is 12.1. The van der Waals surface area contributed by atoms with Crippen LogP contribution in [0.25, 0.3) is 0 Å². The van der Waals surface area contributed by atoms with E-state index in [0.29, 0.717) is 13.2 Å². The number of benzene rings is 2. The van der Waals surface area contributed by atoms with Gasteiger partial charge in [-0.3, -0.25) is 4.79 Å².